The van der Waals surface area contributed by atoms with E-state index in [9.17, 15) is 0 Å². The zero-order valence-electron chi connectivity index (χ0n) is 11.9. The number of fused-ring (bicyclic) bond motifs is 1. The van der Waals surface area contributed by atoms with Gasteiger partial charge in [0.25, 0.3) is 0 Å². The standard InChI is InChI=1S/C16H26N2/c1-4-12(2)15(17)11-18-10-9-13(3)14-7-5-6-8-16(14)18/h5-8,12-13,15H,4,9-11,17H2,1-3H3. The number of anilines is 1. The molecule has 0 amide bonds. The number of nitrogens with two attached hydrogens (primary N) is 1. The highest BCUT2D eigenvalue weighted by Gasteiger charge is 2.24. The normalized spacial score (nSPS) is 22.4. The Morgan fingerprint density at radius 1 is 1.39 bits per heavy atom. The summed E-state index contributed by atoms with van der Waals surface area (Å²) >= 11 is 0. The highest BCUT2D eigenvalue weighted by atomic mass is 15.1. The van der Waals surface area contributed by atoms with Crippen molar-refractivity contribution < 1.29 is 0 Å². The molecular weight excluding hydrogens is 220 g/mol. The van der Waals surface area contributed by atoms with Gasteiger partial charge in [-0.2, -0.15) is 0 Å². The van der Waals surface area contributed by atoms with Crippen molar-refractivity contribution >= 4 is 5.69 Å². The second kappa shape index (κ2) is 5.75. The minimum Gasteiger partial charge on any atom is -0.370 e. The lowest BCUT2D eigenvalue weighted by Crippen LogP contribution is -2.43. The average molecular weight is 246 g/mol. The summed E-state index contributed by atoms with van der Waals surface area (Å²) in [6, 6.07) is 9.07. The topological polar surface area (TPSA) is 29.3 Å². The molecule has 3 atom stereocenters. The summed E-state index contributed by atoms with van der Waals surface area (Å²) in [5.74, 6) is 1.27. The molecule has 0 radical (unpaired) electrons. The van der Waals surface area contributed by atoms with Crippen LogP contribution in [0.5, 0.6) is 0 Å². The van der Waals surface area contributed by atoms with E-state index in [0.717, 1.165) is 19.5 Å². The second-order valence-corrected chi connectivity index (χ2v) is 5.74. The fourth-order valence-corrected chi connectivity index (χ4v) is 2.74. The molecule has 3 unspecified atom stereocenters. The molecule has 0 saturated heterocycles. The number of rotatable bonds is 4. The molecule has 2 heteroatoms. The summed E-state index contributed by atoms with van der Waals surface area (Å²) in [6.07, 6.45) is 2.40. The highest BCUT2D eigenvalue weighted by molar-refractivity contribution is 5.57. The van der Waals surface area contributed by atoms with Gasteiger partial charge in [0.2, 0.25) is 0 Å². The van der Waals surface area contributed by atoms with E-state index in [0.29, 0.717) is 11.8 Å². The molecule has 0 saturated carbocycles. The minimum absolute atomic E-state index is 0.275. The van der Waals surface area contributed by atoms with Crippen molar-refractivity contribution in [1.82, 2.24) is 0 Å². The molecule has 18 heavy (non-hydrogen) atoms. The van der Waals surface area contributed by atoms with Gasteiger partial charge in [0.1, 0.15) is 0 Å². The zero-order chi connectivity index (χ0) is 13.1. The van der Waals surface area contributed by atoms with Crippen LogP contribution in [0.2, 0.25) is 0 Å². The molecule has 1 aromatic carbocycles. The largest absolute Gasteiger partial charge is 0.370 e. The quantitative estimate of drug-likeness (QED) is 0.882. The Morgan fingerprint density at radius 2 is 2.11 bits per heavy atom. The Labute approximate surface area is 111 Å². The third kappa shape index (κ3) is 2.69. The van der Waals surface area contributed by atoms with Crippen molar-refractivity contribution in [3.8, 4) is 0 Å². The fourth-order valence-electron chi connectivity index (χ4n) is 2.74. The van der Waals surface area contributed by atoms with Crippen LogP contribution in [0.4, 0.5) is 5.69 Å². The molecule has 0 aromatic heterocycles. The maximum atomic E-state index is 6.31. The van der Waals surface area contributed by atoms with Crippen molar-refractivity contribution in [2.45, 2.75) is 45.6 Å². The van der Waals surface area contributed by atoms with Crippen LogP contribution < -0.4 is 10.6 Å². The van der Waals surface area contributed by atoms with Crippen molar-refractivity contribution in [3.63, 3.8) is 0 Å². The Hall–Kier alpha value is -1.02. The van der Waals surface area contributed by atoms with Gasteiger partial charge in [0.15, 0.2) is 0 Å². The van der Waals surface area contributed by atoms with Gasteiger partial charge in [-0.05, 0) is 29.9 Å². The van der Waals surface area contributed by atoms with Gasteiger partial charge in [-0.3, -0.25) is 0 Å². The Morgan fingerprint density at radius 3 is 2.83 bits per heavy atom. The van der Waals surface area contributed by atoms with Crippen molar-refractivity contribution in [1.29, 1.82) is 0 Å². The first-order chi connectivity index (χ1) is 8.63. The summed E-state index contributed by atoms with van der Waals surface area (Å²) in [5.41, 5.74) is 9.19. The highest BCUT2D eigenvalue weighted by Crippen LogP contribution is 2.34. The van der Waals surface area contributed by atoms with Crippen LogP contribution in [0.15, 0.2) is 24.3 Å². The van der Waals surface area contributed by atoms with Gasteiger partial charge in [-0.25, -0.2) is 0 Å². The van der Waals surface area contributed by atoms with Crippen LogP contribution in [0.3, 0.4) is 0 Å². The summed E-state index contributed by atoms with van der Waals surface area (Å²) in [6.45, 7) is 8.92. The third-order valence-corrected chi connectivity index (χ3v) is 4.45. The van der Waals surface area contributed by atoms with Crippen LogP contribution >= 0.6 is 0 Å². The number of nitrogens with zero attached hydrogens (tertiary/aromatic N) is 1. The van der Waals surface area contributed by atoms with E-state index < -0.39 is 0 Å². The second-order valence-electron chi connectivity index (χ2n) is 5.74. The molecule has 0 aliphatic carbocycles. The summed E-state index contributed by atoms with van der Waals surface area (Å²) in [4.78, 5) is 2.48. The van der Waals surface area contributed by atoms with Crippen molar-refractivity contribution in [2.75, 3.05) is 18.0 Å². The van der Waals surface area contributed by atoms with Crippen LogP contribution in [0.1, 0.15) is 45.1 Å². The lowest BCUT2D eigenvalue weighted by Gasteiger charge is -2.37. The van der Waals surface area contributed by atoms with E-state index in [1.807, 2.05) is 0 Å². The Bertz CT molecular complexity index is 388. The molecule has 0 spiro atoms. The van der Waals surface area contributed by atoms with Crippen LogP contribution in [0, 0.1) is 5.92 Å². The zero-order valence-corrected chi connectivity index (χ0v) is 11.9. The maximum Gasteiger partial charge on any atom is 0.0402 e. The van der Waals surface area contributed by atoms with Crippen LogP contribution in [-0.2, 0) is 0 Å². The molecule has 2 N–H and O–H groups in total. The van der Waals surface area contributed by atoms with E-state index in [1.54, 1.807) is 0 Å². The molecular formula is C16H26N2. The molecule has 1 aliphatic rings. The van der Waals surface area contributed by atoms with E-state index in [4.69, 9.17) is 5.73 Å². The van der Waals surface area contributed by atoms with Gasteiger partial charge in [0.05, 0.1) is 0 Å². The molecule has 0 fully saturated rings. The van der Waals surface area contributed by atoms with Crippen molar-refractivity contribution in [2.24, 2.45) is 11.7 Å². The SMILES string of the molecule is CCC(C)C(N)CN1CCC(C)c2ccccc21. The van der Waals surface area contributed by atoms with Crippen LogP contribution in [-0.4, -0.2) is 19.1 Å². The first-order valence-electron chi connectivity index (χ1n) is 7.23. The maximum absolute atomic E-state index is 6.31. The summed E-state index contributed by atoms with van der Waals surface area (Å²) in [7, 11) is 0. The van der Waals surface area contributed by atoms with Gasteiger partial charge < -0.3 is 10.6 Å². The lowest BCUT2D eigenvalue weighted by atomic mass is 9.90. The summed E-state index contributed by atoms with van der Waals surface area (Å²) < 4.78 is 0. The lowest BCUT2D eigenvalue weighted by molar-refractivity contribution is 0.431. The molecule has 1 aromatic rings. The summed E-state index contributed by atoms with van der Waals surface area (Å²) in [5, 5.41) is 0. The molecule has 1 heterocycles. The fraction of sp³-hybridized carbons (Fsp3) is 0.625. The van der Waals surface area contributed by atoms with Crippen LogP contribution in [0.25, 0.3) is 0 Å². The van der Waals surface area contributed by atoms with E-state index in [-0.39, 0.29) is 6.04 Å². The predicted octanol–water partition coefficient (Wildman–Crippen LogP) is 3.37. The smallest absolute Gasteiger partial charge is 0.0402 e. The molecule has 100 valence electrons. The molecule has 2 nitrogen and oxygen atoms in total. The molecule has 1 aliphatic heterocycles. The van der Waals surface area contributed by atoms with E-state index in [2.05, 4.69) is 49.9 Å². The minimum atomic E-state index is 0.275. The Balaban J connectivity index is 2.14. The monoisotopic (exact) mass is 246 g/mol. The van der Waals surface area contributed by atoms with E-state index in [1.165, 1.54) is 17.7 Å². The third-order valence-electron chi connectivity index (χ3n) is 4.45. The molecule has 0 bridgehead atoms. The average Bonchev–Trinajstić information content (AvgIpc) is 2.41. The number of para-hydroxylation sites is 1. The van der Waals surface area contributed by atoms with E-state index >= 15 is 0 Å². The number of hydrogen-bond donors (Lipinski definition) is 1. The van der Waals surface area contributed by atoms with Gasteiger partial charge >= 0.3 is 0 Å². The van der Waals surface area contributed by atoms with Gasteiger partial charge in [0, 0.05) is 24.8 Å². The van der Waals surface area contributed by atoms with Gasteiger partial charge in [-0.1, -0.05) is 45.4 Å². The van der Waals surface area contributed by atoms with Crippen molar-refractivity contribution in [3.05, 3.63) is 29.8 Å². The number of benzene rings is 1. The Kier molecular flexibility index (Phi) is 4.28. The van der Waals surface area contributed by atoms with Gasteiger partial charge in [-0.15, -0.1) is 0 Å². The first-order valence-corrected chi connectivity index (χ1v) is 7.23. The number of hydrogen-bond acceptors (Lipinski definition) is 2. The predicted molar refractivity (Wildman–Crippen MR) is 79.1 cm³/mol. The molecule has 2 rings (SSSR count). The first kappa shape index (κ1) is 13.4.